The van der Waals surface area contributed by atoms with E-state index in [-0.39, 0.29) is 0 Å². The number of aromatic amines is 1. The highest BCUT2D eigenvalue weighted by Gasteiger charge is 2.14. The first-order chi connectivity index (χ1) is 12.7. The van der Waals surface area contributed by atoms with E-state index in [0.29, 0.717) is 17.5 Å². The highest BCUT2D eigenvalue weighted by Crippen LogP contribution is 2.22. The van der Waals surface area contributed by atoms with Crippen molar-refractivity contribution < 1.29 is 13.7 Å². The second-order valence-electron chi connectivity index (χ2n) is 5.98. The zero-order valence-corrected chi connectivity index (χ0v) is 15.8. The van der Waals surface area contributed by atoms with Gasteiger partial charge in [-0.3, -0.25) is 9.19 Å². The standard InChI is InChI=1S/C19H23N3O3S/c1-14-17(20-10-9-18(14)25-12-6-5-11-24-2)13-26(23)19-21-15-7-3-4-8-16(15)22-19/h3-4,7-10H,5-6,11-13H2,1-2H3,(H,21,22). The quantitative estimate of drug-likeness (QED) is 0.582. The van der Waals surface area contributed by atoms with Crippen molar-refractivity contribution in [3.05, 3.63) is 47.8 Å². The van der Waals surface area contributed by atoms with Crippen molar-refractivity contribution in [1.29, 1.82) is 0 Å². The third-order valence-electron chi connectivity index (χ3n) is 4.11. The predicted octanol–water partition coefficient (Wildman–Crippen LogP) is 3.38. The summed E-state index contributed by atoms with van der Waals surface area (Å²) in [5.41, 5.74) is 3.38. The number of hydrogen-bond acceptors (Lipinski definition) is 5. The molecule has 0 saturated carbocycles. The normalized spacial score (nSPS) is 12.4. The van der Waals surface area contributed by atoms with Crippen LogP contribution >= 0.6 is 0 Å². The third-order valence-corrected chi connectivity index (χ3v) is 5.27. The maximum atomic E-state index is 12.7. The fourth-order valence-electron chi connectivity index (χ4n) is 2.62. The first kappa shape index (κ1) is 18.5. The number of aromatic nitrogens is 3. The number of H-pyrrole nitrogens is 1. The molecule has 0 spiro atoms. The Labute approximate surface area is 155 Å². The minimum atomic E-state index is -1.30. The highest BCUT2D eigenvalue weighted by atomic mass is 32.2. The molecular formula is C19H23N3O3S. The summed E-state index contributed by atoms with van der Waals surface area (Å²) in [5.74, 6) is 1.08. The number of benzene rings is 1. The third kappa shape index (κ3) is 4.47. The predicted molar refractivity (Wildman–Crippen MR) is 102 cm³/mol. The molecule has 26 heavy (non-hydrogen) atoms. The van der Waals surface area contributed by atoms with Crippen LogP contribution in [-0.2, 0) is 21.3 Å². The van der Waals surface area contributed by atoms with Crippen LogP contribution < -0.4 is 4.74 Å². The fraction of sp³-hybridized carbons (Fsp3) is 0.368. The lowest BCUT2D eigenvalue weighted by atomic mass is 10.2. The van der Waals surface area contributed by atoms with E-state index in [1.165, 1.54) is 0 Å². The summed E-state index contributed by atoms with van der Waals surface area (Å²) in [7, 11) is 0.400. The molecule has 1 unspecified atom stereocenters. The zero-order valence-electron chi connectivity index (χ0n) is 15.0. The van der Waals surface area contributed by atoms with Gasteiger partial charge < -0.3 is 14.5 Å². The van der Waals surface area contributed by atoms with Crippen LogP contribution in [0, 0.1) is 6.92 Å². The second kappa shape index (κ2) is 8.91. The lowest BCUT2D eigenvalue weighted by Gasteiger charge is -2.11. The number of nitrogens with zero attached hydrogens (tertiary/aromatic N) is 2. The van der Waals surface area contributed by atoms with Crippen molar-refractivity contribution in [2.75, 3.05) is 20.3 Å². The fourth-order valence-corrected chi connectivity index (χ4v) is 3.72. The van der Waals surface area contributed by atoms with Gasteiger partial charge in [-0.25, -0.2) is 4.98 Å². The van der Waals surface area contributed by atoms with Crippen molar-refractivity contribution in [2.24, 2.45) is 0 Å². The van der Waals surface area contributed by atoms with Gasteiger partial charge in [-0.05, 0) is 38.0 Å². The molecule has 2 aromatic heterocycles. The topological polar surface area (TPSA) is 77.1 Å². The summed E-state index contributed by atoms with van der Waals surface area (Å²) in [5, 5.41) is 0.471. The molecule has 6 nitrogen and oxygen atoms in total. The summed E-state index contributed by atoms with van der Waals surface area (Å²) in [6.45, 7) is 3.31. The molecule has 1 aromatic carbocycles. The molecule has 3 aromatic rings. The summed E-state index contributed by atoms with van der Waals surface area (Å²) in [4.78, 5) is 11.9. The van der Waals surface area contributed by atoms with Gasteiger partial charge in [0, 0.05) is 25.5 Å². The molecule has 0 aliphatic rings. The summed E-state index contributed by atoms with van der Waals surface area (Å²) >= 11 is 0. The Hall–Kier alpha value is -2.25. The molecule has 7 heteroatoms. The maximum absolute atomic E-state index is 12.7. The maximum Gasteiger partial charge on any atom is 0.197 e. The van der Waals surface area contributed by atoms with E-state index in [1.54, 1.807) is 13.3 Å². The van der Waals surface area contributed by atoms with E-state index in [2.05, 4.69) is 15.0 Å². The molecule has 0 amide bonds. The number of hydrogen-bond donors (Lipinski definition) is 1. The molecule has 2 heterocycles. The molecule has 3 rings (SSSR count). The van der Waals surface area contributed by atoms with E-state index in [4.69, 9.17) is 9.47 Å². The number of para-hydroxylation sites is 2. The molecule has 1 N–H and O–H groups in total. The van der Waals surface area contributed by atoms with E-state index in [9.17, 15) is 4.21 Å². The van der Waals surface area contributed by atoms with Gasteiger partial charge in [0.25, 0.3) is 0 Å². The first-order valence-electron chi connectivity index (χ1n) is 8.58. The molecule has 0 fully saturated rings. The number of methoxy groups -OCH3 is 1. The van der Waals surface area contributed by atoms with Crippen molar-refractivity contribution in [3.8, 4) is 5.75 Å². The van der Waals surface area contributed by atoms with E-state index in [1.807, 2.05) is 37.3 Å². The summed E-state index contributed by atoms with van der Waals surface area (Å²) in [6, 6.07) is 9.50. The summed E-state index contributed by atoms with van der Waals surface area (Å²) < 4.78 is 23.6. The van der Waals surface area contributed by atoms with E-state index >= 15 is 0 Å². The number of ether oxygens (including phenoxy) is 2. The Balaban J connectivity index is 1.67. The number of nitrogens with one attached hydrogen (secondary N) is 1. The minimum Gasteiger partial charge on any atom is -0.493 e. The van der Waals surface area contributed by atoms with Gasteiger partial charge in [0.2, 0.25) is 0 Å². The van der Waals surface area contributed by atoms with Crippen molar-refractivity contribution in [1.82, 2.24) is 15.0 Å². The van der Waals surface area contributed by atoms with Crippen LogP contribution in [0.4, 0.5) is 0 Å². The number of imidazole rings is 1. The molecule has 0 aliphatic carbocycles. The van der Waals surface area contributed by atoms with Gasteiger partial charge in [0.1, 0.15) is 5.75 Å². The van der Waals surface area contributed by atoms with Crippen LogP contribution in [0.2, 0.25) is 0 Å². The lowest BCUT2D eigenvalue weighted by molar-refractivity contribution is 0.184. The van der Waals surface area contributed by atoms with Crippen LogP contribution in [0.5, 0.6) is 5.75 Å². The molecule has 0 bridgehead atoms. The van der Waals surface area contributed by atoms with Gasteiger partial charge >= 0.3 is 0 Å². The number of fused-ring (bicyclic) bond motifs is 1. The van der Waals surface area contributed by atoms with Crippen molar-refractivity contribution >= 4 is 21.8 Å². The molecule has 138 valence electrons. The average Bonchev–Trinajstić information content (AvgIpc) is 3.09. The van der Waals surface area contributed by atoms with Gasteiger partial charge in [0.05, 0.1) is 39.9 Å². The molecule has 0 radical (unpaired) electrons. The van der Waals surface area contributed by atoms with Gasteiger partial charge in [-0.2, -0.15) is 0 Å². The van der Waals surface area contributed by atoms with Crippen LogP contribution in [0.3, 0.4) is 0 Å². The van der Waals surface area contributed by atoms with E-state index in [0.717, 1.165) is 47.5 Å². The molecule has 0 saturated heterocycles. The Morgan fingerprint density at radius 3 is 2.77 bits per heavy atom. The zero-order chi connectivity index (χ0) is 18.4. The first-order valence-corrected chi connectivity index (χ1v) is 9.90. The molecular weight excluding hydrogens is 350 g/mol. The Kier molecular flexibility index (Phi) is 6.35. The Morgan fingerprint density at radius 2 is 1.96 bits per heavy atom. The lowest BCUT2D eigenvalue weighted by Crippen LogP contribution is -2.06. The van der Waals surface area contributed by atoms with Gasteiger partial charge in [-0.1, -0.05) is 12.1 Å². The van der Waals surface area contributed by atoms with Crippen LogP contribution in [0.1, 0.15) is 24.1 Å². The molecule has 1 atom stereocenters. The minimum absolute atomic E-state index is 0.298. The van der Waals surface area contributed by atoms with Gasteiger partial charge in [0.15, 0.2) is 5.16 Å². The van der Waals surface area contributed by atoms with Crippen LogP contribution in [-0.4, -0.2) is 39.5 Å². The summed E-state index contributed by atoms with van der Waals surface area (Å²) in [6.07, 6.45) is 3.59. The average molecular weight is 373 g/mol. The largest absolute Gasteiger partial charge is 0.493 e. The number of unbranched alkanes of at least 4 members (excludes halogenated alkanes) is 1. The van der Waals surface area contributed by atoms with E-state index < -0.39 is 10.8 Å². The molecule has 0 aliphatic heterocycles. The SMILES string of the molecule is COCCCCOc1ccnc(CS(=O)c2nc3ccccc3[nH]2)c1C. The smallest absolute Gasteiger partial charge is 0.197 e. The van der Waals surface area contributed by atoms with Crippen LogP contribution in [0.15, 0.2) is 41.7 Å². The van der Waals surface area contributed by atoms with Crippen molar-refractivity contribution in [2.45, 2.75) is 30.7 Å². The Morgan fingerprint density at radius 1 is 1.15 bits per heavy atom. The van der Waals surface area contributed by atoms with Gasteiger partial charge in [-0.15, -0.1) is 0 Å². The second-order valence-corrected chi connectivity index (χ2v) is 7.34. The van der Waals surface area contributed by atoms with Crippen molar-refractivity contribution in [3.63, 3.8) is 0 Å². The monoisotopic (exact) mass is 373 g/mol. The number of pyridine rings is 1. The number of rotatable bonds is 9. The van der Waals surface area contributed by atoms with Crippen LogP contribution in [0.25, 0.3) is 11.0 Å². The Bertz CT molecular complexity index is 862. The highest BCUT2D eigenvalue weighted by molar-refractivity contribution is 7.84.